The minimum Gasteiger partial charge on any atom is -0.461 e. The summed E-state index contributed by atoms with van der Waals surface area (Å²) in [4.78, 5) is 0. The highest BCUT2D eigenvalue weighted by Gasteiger charge is 2.20. The zero-order valence-electron chi connectivity index (χ0n) is 32.5. The van der Waals surface area contributed by atoms with Crippen LogP contribution in [-0.4, -0.2) is 13.7 Å². The minimum atomic E-state index is 0.822. The predicted molar refractivity (Wildman–Crippen MR) is 252 cm³/mol. The molecule has 10 aromatic carbocycles. The summed E-state index contributed by atoms with van der Waals surface area (Å²) in [7, 11) is 0. The summed E-state index contributed by atoms with van der Waals surface area (Å²) in [6.45, 7) is 0. The van der Waals surface area contributed by atoms with Crippen molar-refractivity contribution >= 4 is 97.8 Å². The lowest BCUT2D eigenvalue weighted by molar-refractivity contribution is 0.593. The Bertz CT molecular complexity index is 3900. The lowest BCUT2D eigenvalue weighted by Crippen LogP contribution is -1.98. The van der Waals surface area contributed by atoms with Crippen molar-refractivity contribution in [2.24, 2.45) is 0 Å². The van der Waals surface area contributed by atoms with Gasteiger partial charge >= 0.3 is 0 Å². The Kier molecular flexibility index (Phi) is 6.98. The molecule has 0 unspecified atom stereocenters. The number of nitrogens with zero attached hydrogens (tertiary/aromatic N) is 3. The van der Waals surface area contributed by atoms with Crippen LogP contribution in [0, 0.1) is 0 Å². The Morgan fingerprint density at radius 2 is 0.800 bits per heavy atom. The zero-order valence-corrected chi connectivity index (χ0v) is 32.5. The van der Waals surface area contributed by atoms with E-state index >= 15 is 0 Å². The van der Waals surface area contributed by atoms with Crippen molar-refractivity contribution in [3.05, 3.63) is 213 Å². The molecule has 13 aromatic rings. The van der Waals surface area contributed by atoms with E-state index in [2.05, 4.69) is 214 Å². The van der Waals surface area contributed by atoms with E-state index in [4.69, 9.17) is 4.42 Å². The summed E-state index contributed by atoms with van der Waals surface area (Å²) in [5, 5.41) is 14.4. The van der Waals surface area contributed by atoms with Gasteiger partial charge in [0.25, 0.3) is 0 Å². The van der Waals surface area contributed by atoms with Crippen LogP contribution < -0.4 is 0 Å². The molecule has 0 N–H and O–H groups in total. The average Bonchev–Trinajstić information content (AvgIpc) is 3.83. The molecular formula is C56H35N3O. The van der Waals surface area contributed by atoms with E-state index in [0.717, 1.165) is 44.5 Å². The Morgan fingerprint density at radius 1 is 0.300 bits per heavy atom. The fraction of sp³-hybridized carbons (Fsp3) is 0. The third-order valence-electron chi connectivity index (χ3n) is 12.6. The topological polar surface area (TPSA) is 27.9 Å². The molecule has 3 heterocycles. The van der Waals surface area contributed by atoms with Gasteiger partial charge in [-0.3, -0.25) is 0 Å². The highest BCUT2D eigenvalue weighted by molar-refractivity contribution is 6.29. The number of aromatic nitrogens is 3. The molecule has 13 rings (SSSR count). The highest BCUT2D eigenvalue weighted by Crippen LogP contribution is 2.43. The second-order valence-corrected chi connectivity index (χ2v) is 15.7. The van der Waals surface area contributed by atoms with Gasteiger partial charge in [0.1, 0.15) is 6.26 Å². The molecule has 60 heavy (non-hydrogen) atoms. The van der Waals surface area contributed by atoms with Gasteiger partial charge in [-0.15, -0.1) is 0 Å². The maximum absolute atomic E-state index is 6.32. The van der Waals surface area contributed by atoms with E-state index in [1.54, 1.807) is 6.26 Å². The van der Waals surface area contributed by atoms with Gasteiger partial charge in [0.2, 0.25) is 0 Å². The smallest absolute Gasteiger partial charge is 0.151 e. The first-order chi connectivity index (χ1) is 29.8. The van der Waals surface area contributed by atoms with Crippen LogP contribution >= 0.6 is 0 Å². The Hall–Kier alpha value is -8.08. The zero-order chi connectivity index (χ0) is 39.3. The van der Waals surface area contributed by atoms with Crippen LogP contribution in [0.3, 0.4) is 0 Å². The quantitative estimate of drug-likeness (QED) is 0.176. The third-order valence-corrected chi connectivity index (χ3v) is 12.6. The molecular weight excluding hydrogens is 731 g/mol. The van der Waals surface area contributed by atoms with Crippen LogP contribution in [0.2, 0.25) is 0 Å². The molecule has 4 heteroatoms. The summed E-state index contributed by atoms with van der Waals surface area (Å²) < 4.78 is 13.4. The molecule has 0 aliphatic rings. The fourth-order valence-corrected chi connectivity index (χ4v) is 10.0. The molecule has 0 fully saturated rings. The van der Waals surface area contributed by atoms with E-state index in [1.807, 2.05) is 6.20 Å². The van der Waals surface area contributed by atoms with Gasteiger partial charge in [0, 0.05) is 44.5 Å². The Morgan fingerprint density at radius 3 is 1.50 bits per heavy atom. The molecule has 0 amide bonds. The van der Waals surface area contributed by atoms with Crippen molar-refractivity contribution in [2.45, 2.75) is 0 Å². The molecule has 0 spiro atoms. The monoisotopic (exact) mass is 765 g/mol. The summed E-state index contributed by atoms with van der Waals surface area (Å²) >= 11 is 0. The lowest BCUT2D eigenvalue weighted by Gasteiger charge is -2.17. The Balaban J connectivity index is 1.19. The normalized spacial score (nSPS) is 12.0. The first kappa shape index (κ1) is 32.9. The molecule has 0 saturated carbocycles. The molecule has 3 aromatic heterocycles. The molecule has 0 atom stereocenters. The molecule has 0 radical (unpaired) electrons. The van der Waals surface area contributed by atoms with Crippen LogP contribution in [-0.2, 0) is 0 Å². The van der Waals surface area contributed by atoms with E-state index in [-0.39, 0.29) is 0 Å². The van der Waals surface area contributed by atoms with Gasteiger partial charge < -0.3 is 18.1 Å². The van der Waals surface area contributed by atoms with Gasteiger partial charge in [-0.25, -0.2) is 0 Å². The molecule has 0 aliphatic carbocycles. The fourth-order valence-electron chi connectivity index (χ4n) is 10.0. The number of hydrogen-bond donors (Lipinski definition) is 0. The third kappa shape index (κ3) is 4.67. The van der Waals surface area contributed by atoms with Crippen molar-refractivity contribution < 1.29 is 4.42 Å². The molecule has 0 bridgehead atoms. The van der Waals surface area contributed by atoms with Crippen LogP contribution in [0.25, 0.3) is 115 Å². The Labute approximate surface area is 344 Å². The van der Waals surface area contributed by atoms with Crippen LogP contribution in [0.5, 0.6) is 0 Å². The standard InChI is InChI=1S/C56H35N3O/c1-2-15-36(16-3-1)57-31-32-60-55-35-47-40-19-5-4-17-38(40)39-18-6-7-23-44(39)56-45(46(47)34-54(55)57)24-14-28-53(56)59-51-27-13-10-22-43(51)48-33-37(29-30-52(48)59)58-49-25-11-8-20-41(49)42-21-9-12-26-50(42)58/h1-35H. The minimum absolute atomic E-state index is 0.822. The second kappa shape index (κ2) is 12.7. The number of rotatable bonds is 3. The maximum atomic E-state index is 6.32. The van der Waals surface area contributed by atoms with E-state index in [0.29, 0.717) is 0 Å². The average molecular weight is 766 g/mol. The summed E-state index contributed by atoms with van der Waals surface area (Å²) in [5.41, 5.74) is 9.91. The van der Waals surface area contributed by atoms with Crippen LogP contribution in [0.4, 0.5) is 0 Å². The molecule has 0 saturated heterocycles. The van der Waals surface area contributed by atoms with E-state index < -0.39 is 0 Å². The van der Waals surface area contributed by atoms with E-state index in [1.165, 1.54) is 70.4 Å². The summed E-state index contributed by atoms with van der Waals surface area (Å²) in [5.74, 6) is 0. The van der Waals surface area contributed by atoms with Crippen molar-refractivity contribution in [1.29, 1.82) is 0 Å². The van der Waals surface area contributed by atoms with Crippen molar-refractivity contribution in [3.8, 4) is 17.1 Å². The number of benzene rings is 9. The molecule has 0 aliphatic heterocycles. The lowest BCUT2D eigenvalue weighted by atomic mass is 9.93. The predicted octanol–water partition coefficient (Wildman–Crippen LogP) is 15.2. The van der Waals surface area contributed by atoms with Gasteiger partial charge in [0.15, 0.2) is 5.58 Å². The molecule has 280 valence electrons. The van der Waals surface area contributed by atoms with Crippen molar-refractivity contribution in [1.82, 2.24) is 13.7 Å². The van der Waals surface area contributed by atoms with Gasteiger partial charge in [-0.05, 0) is 104 Å². The highest BCUT2D eigenvalue weighted by atomic mass is 16.3. The number of hydrogen-bond acceptors (Lipinski definition) is 1. The summed E-state index contributed by atoms with van der Waals surface area (Å²) in [6.07, 6.45) is 3.80. The number of fused-ring (bicyclic) bond motifs is 15. The second-order valence-electron chi connectivity index (χ2n) is 15.7. The SMILES string of the molecule is c1ccc(-n2ccoc3cc4c5ccccc5c5ccccc5c5c(-n6c7ccccc7c7cc(-n8c9ccccc9c9ccccc98)ccc76)cccc5c4cc32)cc1. The van der Waals surface area contributed by atoms with Crippen LogP contribution in [0.15, 0.2) is 217 Å². The molecule has 4 nitrogen and oxygen atoms in total. The first-order valence-corrected chi connectivity index (χ1v) is 20.5. The van der Waals surface area contributed by atoms with Gasteiger partial charge in [0.05, 0.1) is 33.3 Å². The summed E-state index contributed by atoms with van der Waals surface area (Å²) in [6, 6.07) is 73.0. The maximum Gasteiger partial charge on any atom is 0.151 e. The van der Waals surface area contributed by atoms with Gasteiger partial charge in [-0.2, -0.15) is 0 Å². The van der Waals surface area contributed by atoms with Gasteiger partial charge in [-0.1, -0.05) is 133 Å². The first-order valence-electron chi connectivity index (χ1n) is 20.5. The van der Waals surface area contributed by atoms with Crippen molar-refractivity contribution in [2.75, 3.05) is 0 Å². The largest absolute Gasteiger partial charge is 0.461 e. The number of para-hydroxylation sites is 4. The van der Waals surface area contributed by atoms with Crippen molar-refractivity contribution in [3.63, 3.8) is 0 Å². The van der Waals surface area contributed by atoms with Crippen LogP contribution in [0.1, 0.15) is 0 Å². The van der Waals surface area contributed by atoms with E-state index in [9.17, 15) is 0 Å².